The number of sulfone groups is 1. The standard InChI is InChI=1S/C20H23NO3S/c1-15-10-11-16(2)18(14-15)25(23,24)20(12-6-7-13-20)19(22)21-17-8-4-3-5-9-17/h3-5,8-11,14H,6-7,12-13H2,1-2H3,(H,21,22). The molecule has 0 aliphatic heterocycles. The van der Waals surface area contributed by atoms with E-state index in [1.807, 2.05) is 31.2 Å². The molecular formula is C20H23NO3S. The van der Waals surface area contributed by atoms with Gasteiger partial charge in [0.15, 0.2) is 14.6 Å². The molecule has 0 saturated heterocycles. The van der Waals surface area contributed by atoms with E-state index in [9.17, 15) is 13.2 Å². The van der Waals surface area contributed by atoms with Gasteiger partial charge < -0.3 is 5.32 Å². The van der Waals surface area contributed by atoms with Crippen molar-refractivity contribution in [3.05, 3.63) is 59.7 Å². The molecule has 1 fully saturated rings. The van der Waals surface area contributed by atoms with Crippen molar-refractivity contribution in [1.82, 2.24) is 0 Å². The molecule has 132 valence electrons. The number of hydrogen-bond donors (Lipinski definition) is 1. The number of benzene rings is 2. The topological polar surface area (TPSA) is 63.2 Å². The number of para-hydroxylation sites is 1. The third-order valence-electron chi connectivity index (χ3n) is 5.00. The van der Waals surface area contributed by atoms with E-state index in [4.69, 9.17) is 0 Å². The van der Waals surface area contributed by atoms with Crippen LogP contribution < -0.4 is 5.32 Å². The second-order valence-corrected chi connectivity index (χ2v) is 9.02. The summed E-state index contributed by atoms with van der Waals surface area (Å²) in [4.78, 5) is 13.3. The van der Waals surface area contributed by atoms with Gasteiger partial charge in [-0.3, -0.25) is 4.79 Å². The van der Waals surface area contributed by atoms with Gasteiger partial charge in [-0.05, 0) is 56.0 Å². The first kappa shape index (κ1) is 17.7. The molecule has 2 aromatic carbocycles. The summed E-state index contributed by atoms with van der Waals surface area (Å²) in [5, 5.41) is 2.82. The molecule has 25 heavy (non-hydrogen) atoms. The number of anilines is 1. The normalized spacial score (nSPS) is 16.6. The van der Waals surface area contributed by atoms with Crippen LogP contribution in [0, 0.1) is 13.8 Å². The van der Waals surface area contributed by atoms with E-state index in [1.165, 1.54) is 0 Å². The molecule has 0 atom stereocenters. The predicted molar refractivity (Wildman–Crippen MR) is 99.4 cm³/mol. The van der Waals surface area contributed by atoms with Crippen LogP contribution in [0.2, 0.25) is 0 Å². The minimum atomic E-state index is -3.78. The van der Waals surface area contributed by atoms with Gasteiger partial charge in [0.2, 0.25) is 5.91 Å². The van der Waals surface area contributed by atoms with Gasteiger partial charge in [0, 0.05) is 5.69 Å². The van der Waals surface area contributed by atoms with E-state index in [2.05, 4.69) is 5.32 Å². The fourth-order valence-corrected chi connectivity index (χ4v) is 5.91. The van der Waals surface area contributed by atoms with E-state index in [1.54, 1.807) is 31.2 Å². The molecule has 2 aromatic rings. The zero-order valence-electron chi connectivity index (χ0n) is 14.6. The van der Waals surface area contributed by atoms with Gasteiger partial charge in [-0.2, -0.15) is 0 Å². The van der Waals surface area contributed by atoms with E-state index in [0.29, 0.717) is 24.1 Å². The summed E-state index contributed by atoms with van der Waals surface area (Å²) in [5.74, 6) is -0.419. The predicted octanol–water partition coefficient (Wildman–Crippen LogP) is 4.03. The minimum Gasteiger partial charge on any atom is -0.325 e. The summed E-state index contributed by atoms with van der Waals surface area (Å²) in [6.45, 7) is 3.65. The van der Waals surface area contributed by atoms with Gasteiger partial charge in [0.25, 0.3) is 0 Å². The molecule has 3 rings (SSSR count). The monoisotopic (exact) mass is 357 g/mol. The van der Waals surface area contributed by atoms with Crippen molar-refractivity contribution < 1.29 is 13.2 Å². The number of carbonyl (C=O) groups is 1. The second kappa shape index (κ2) is 6.64. The molecule has 1 amide bonds. The van der Waals surface area contributed by atoms with Crippen LogP contribution in [0.4, 0.5) is 5.69 Å². The van der Waals surface area contributed by atoms with Crippen molar-refractivity contribution >= 4 is 21.4 Å². The van der Waals surface area contributed by atoms with Crippen LogP contribution in [0.15, 0.2) is 53.4 Å². The maximum absolute atomic E-state index is 13.5. The van der Waals surface area contributed by atoms with Crippen molar-refractivity contribution in [1.29, 1.82) is 0 Å². The highest BCUT2D eigenvalue weighted by Crippen LogP contribution is 2.42. The van der Waals surface area contributed by atoms with Crippen LogP contribution in [0.25, 0.3) is 0 Å². The first-order chi connectivity index (χ1) is 11.9. The van der Waals surface area contributed by atoms with Crippen molar-refractivity contribution in [2.75, 3.05) is 5.32 Å². The molecule has 0 spiro atoms. The summed E-state index contributed by atoms with van der Waals surface area (Å²) in [6.07, 6.45) is 2.21. The van der Waals surface area contributed by atoms with Crippen LogP contribution in [-0.4, -0.2) is 19.1 Å². The summed E-state index contributed by atoms with van der Waals surface area (Å²) >= 11 is 0. The maximum Gasteiger partial charge on any atom is 0.246 e. The quantitative estimate of drug-likeness (QED) is 0.898. The molecule has 0 heterocycles. The van der Waals surface area contributed by atoms with E-state index in [-0.39, 0.29) is 4.90 Å². The van der Waals surface area contributed by atoms with Gasteiger partial charge in [-0.15, -0.1) is 0 Å². The van der Waals surface area contributed by atoms with Gasteiger partial charge in [-0.25, -0.2) is 8.42 Å². The highest BCUT2D eigenvalue weighted by molar-refractivity contribution is 7.93. The summed E-state index contributed by atoms with van der Waals surface area (Å²) in [6, 6.07) is 14.4. The molecule has 1 aliphatic rings. The molecule has 0 aromatic heterocycles. The average molecular weight is 357 g/mol. The average Bonchev–Trinajstić information content (AvgIpc) is 3.09. The fourth-order valence-electron chi connectivity index (χ4n) is 3.54. The van der Waals surface area contributed by atoms with Crippen molar-refractivity contribution in [3.63, 3.8) is 0 Å². The zero-order valence-corrected chi connectivity index (χ0v) is 15.4. The summed E-state index contributed by atoms with van der Waals surface area (Å²) in [5.41, 5.74) is 2.18. The van der Waals surface area contributed by atoms with E-state index >= 15 is 0 Å². The van der Waals surface area contributed by atoms with E-state index < -0.39 is 20.5 Å². The van der Waals surface area contributed by atoms with Crippen LogP contribution >= 0.6 is 0 Å². The minimum absolute atomic E-state index is 0.276. The number of rotatable bonds is 4. The number of aryl methyl sites for hydroxylation is 2. The maximum atomic E-state index is 13.5. The Hall–Kier alpha value is -2.14. The van der Waals surface area contributed by atoms with Crippen molar-refractivity contribution in [2.24, 2.45) is 0 Å². The fraction of sp³-hybridized carbons (Fsp3) is 0.350. The molecular weight excluding hydrogens is 334 g/mol. The summed E-state index contributed by atoms with van der Waals surface area (Å²) < 4.78 is 25.6. The zero-order chi connectivity index (χ0) is 18.1. The van der Waals surface area contributed by atoms with Crippen molar-refractivity contribution in [2.45, 2.75) is 49.2 Å². The number of hydrogen-bond acceptors (Lipinski definition) is 3. The number of amides is 1. The van der Waals surface area contributed by atoms with Crippen LogP contribution in [0.3, 0.4) is 0 Å². The smallest absolute Gasteiger partial charge is 0.246 e. The largest absolute Gasteiger partial charge is 0.325 e. The molecule has 1 N–H and O–H groups in total. The highest BCUT2D eigenvalue weighted by atomic mass is 32.2. The van der Waals surface area contributed by atoms with Gasteiger partial charge in [-0.1, -0.05) is 43.2 Å². The lowest BCUT2D eigenvalue weighted by atomic mass is 10.1. The Kier molecular flexibility index (Phi) is 4.69. The molecule has 0 radical (unpaired) electrons. The molecule has 0 bridgehead atoms. The Bertz CT molecular complexity index is 882. The molecule has 1 aliphatic carbocycles. The molecule has 1 saturated carbocycles. The van der Waals surface area contributed by atoms with Crippen LogP contribution in [-0.2, 0) is 14.6 Å². The lowest BCUT2D eigenvalue weighted by molar-refractivity contribution is -0.118. The van der Waals surface area contributed by atoms with E-state index in [0.717, 1.165) is 18.4 Å². The first-order valence-electron chi connectivity index (χ1n) is 8.55. The van der Waals surface area contributed by atoms with Crippen LogP contribution in [0.1, 0.15) is 36.8 Å². The highest BCUT2D eigenvalue weighted by Gasteiger charge is 2.53. The Balaban J connectivity index is 2.05. The van der Waals surface area contributed by atoms with Crippen molar-refractivity contribution in [3.8, 4) is 0 Å². The molecule has 0 unspecified atom stereocenters. The second-order valence-electron chi connectivity index (χ2n) is 6.79. The number of nitrogens with one attached hydrogen (secondary N) is 1. The third kappa shape index (κ3) is 3.09. The van der Waals surface area contributed by atoms with Gasteiger partial charge in [0.05, 0.1) is 4.90 Å². The Morgan fingerprint density at radius 1 is 1.00 bits per heavy atom. The molecule has 5 heteroatoms. The van der Waals surface area contributed by atoms with Gasteiger partial charge in [0.1, 0.15) is 0 Å². The van der Waals surface area contributed by atoms with Gasteiger partial charge >= 0.3 is 0 Å². The Morgan fingerprint density at radius 3 is 2.28 bits per heavy atom. The molecule has 4 nitrogen and oxygen atoms in total. The Labute approximate surface area is 149 Å². The SMILES string of the molecule is Cc1ccc(C)c(S(=O)(=O)C2(C(=O)Nc3ccccc3)CCCC2)c1. The van der Waals surface area contributed by atoms with Crippen LogP contribution in [0.5, 0.6) is 0 Å². The number of carbonyl (C=O) groups excluding carboxylic acids is 1. The lowest BCUT2D eigenvalue weighted by Gasteiger charge is -2.28. The first-order valence-corrected chi connectivity index (χ1v) is 10.0. The lowest BCUT2D eigenvalue weighted by Crippen LogP contribution is -2.47. The summed E-state index contributed by atoms with van der Waals surface area (Å²) in [7, 11) is -3.78. The Morgan fingerprint density at radius 2 is 1.64 bits per heavy atom. The third-order valence-corrected chi connectivity index (χ3v) is 7.65.